The highest BCUT2D eigenvalue weighted by atomic mass is 32.2. The zero-order chi connectivity index (χ0) is 15.3. The number of methoxy groups -OCH3 is 1. The highest BCUT2D eigenvalue weighted by Crippen LogP contribution is 2.18. The van der Waals surface area contributed by atoms with Crippen LogP contribution in [0.15, 0.2) is 18.2 Å². The summed E-state index contributed by atoms with van der Waals surface area (Å²) in [5.74, 6) is -0.917. The maximum Gasteiger partial charge on any atom is 0.165 e. The number of carbonyl (C=O) groups is 1. The molecule has 0 heterocycles. The van der Waals surface area contributed by atoms with E-state index in [0.717, 1.165) is 6.26 Å². The third-order valence-electron chi connectivity index (χ3n) is 2.81. The van der Waals surface area contributed by atoms with Crippen molar-refractivity contribution in [1.29, 1.82) is 0 Å². The number of hydrogen-bond donors (Lipinski definition) is 1. The molecule has 0 aliphatic rings. The van der Waals surface area contributed by atoms with Gasteiger partial charge in [-0.2, -0.15) is 0 Å². The molecular weight excluding hydrogens is 285 g/mol. The number of hydrogen-bond acceptors (Lipinski definition) is 5. The van der Waals surface area contributed by atoms with Crippen LogP contribution in [0.25, 0.3) is 0 Å². The monoisotopic (exact) mass is 303 g/mol. The van der Waals surface area contributed by atoms with Gasteiger partial charge in [0.25, 0.3) is 0 Å². The molecule has 0 saturated heterocycles. The van der Waals surface area contributed by atoms with E-state index in [1.807, 2.05) is 0 Å². The zero-order valence-electron chi connectivity index (χ0n) is 11.4. The van der Waals surface area contributed by atoms with Crippen molar-refractivity contribution in [2.75, 3.05) is 19.1 Å². The Kier molecular flexibility index (Phi) is 5.64. The molecule has 20 heavy (non-hydrogen) atoms. The van der Waals surface area contributed by atoms with E-state index in [2.05, 4.69) is 0 Å². The van der Waals surface area contributed by atoms with Crippen molar-refractivity contribution in [2.24, 2.45) is 5.73 Å². The van der Waals surface area contributed by atoms with Crippen LogP contribution >= 0.6 is 0 Å². The van der Waals surface area contributed by atoms with Crippen LogP contribution in [-0.4, -0.2) is 39.4 Å². The minimum Gasteiger partial charge on any atom is -0.494 e. The number of benzene rings is 1. The number of ether oxygens (including phenoxy) is 1. The van der Waals surface area contributed by atoms with Crippen LogP contribution in [0.3, 0.4) is 0 Å². The molecule has 0 radical (unpaired) electrons. The van der Waals surface area contributed by atoms with Crippen molar-refractivity contribution < 1.29 is 22.3 Å². The summed E-state index contributed by atoms with van der Waals surface area (Å²) >= 11 is 0. The molecule has 1 atom stereocenters. The molecule has 0 aliphatic heterocycles. The second kappa shape index (κ2) is 6.81. The number of sulfone groups is 1. The predicted octanol–water partition coefficient (Wildman–Crippen LogP) is 0.708. The number of ketones is 1. The van der Waals surface area contributed by atoms with Gasteiger partial charge in [-0.1, -0.05) is 6.07 Å². The number of nitrogens with two attached hydrogens (primary N) is 1. The van der Waals surface area contributed by atoms with E-state index in [1.165, 1.54) is 19.2 Å². The lowest BCUT2D eigenvalue weighted by Crippen LogP contribution is -2.33. The quantitative estimate of drug-likeness (QED) is 0.801. The second-order valence-electron chi connectivity index (χ2n) is 4.64. The minimum absolute atomic E-state index is 0.0359. The third kappa shape index (κ3) is 5.26. The Morgan fingerprint density at radius 2 is 2.10 bits per heavy atom. The molecule has 7 heteroatoms. The van der Waals surface area contributed by atoms with Crippen molar-refractivity contribution in [1.82, 2.24) is 0 Å². The first-order valence-electron chi connectivity index (χ1n) is 6.01. The molecule has 5 nitrogen and oxygen atoms in total. The summed E-state index contributed by atoms with van der Waals surface area (Å²) in [6.07, 6.45) is 1.12. The van der Waals surface area contributed by atoms with Crippen LogP contribution in [0.1, 0.15) is 12.0 Å². The van der Waals surface area contributed by atoms with Crippen LogP contribution in [0.4, 0.5) is 4.39 Å². The van der Waals surface area contributed by atoms with Gasteiger partial charge >= 0.3 is 0 Å². The third-order valence-corrected chi connectivity index (χ3v) is 3.79. The predicted molar refractivity (Wildman–Crippen MR) is 74.0 cm³/mol. The summed E-state index contributed by atoms with van der Waals surface area (Å²) in [6.45, 7) is 0. The molecule has 0 aromatic heterocycles. The van der Waals surface area contributed by atoms with Gasteiger partial charge < -0.3 is 10.5 Å². The number of halogens is 1. The summed E-state index contributed by atoms with van der Waals surface area (Å²) < 4.78 is 40.2. The maximum atomic E-state index is 13.5. The molecule has 1 rings (SSSR count). The lowest BCUT2D eigenvalue weighted by molar-refractivity contribution is -0.119. The Balaban J connectivity index is 2.64. The molecule has 1 aromatic carbocycles. The Hall–Kier alpha value is -1.47. The van der Waals surface area contributed by atoms with Crippen LogP contribution in [-0.2, 0) is 21.1 Å². The average molecular weight is 303 g/mol. The lowest BCUT2D eigenvalue weighted by Gasteiger charge is -2.10. The molecule has 112 valence electrons. The van der Waals surface area contributed by atoms with Crippen molar-refractivity contribution in [3.63, 3.8) is 0 Å². The van der Waals surface area contributed by atoms with Gasteiger partial charge in [-0.25, -0.2) is 12.8 Å². The molecule has 0 fully saturated rings. The number of carbonyl (C=O) groups excluding carboxylic acids is 1. The lowest BCUT2D eigenvalue weighted by atomic mass is 10.0. The zero-order valence-corrected chi connectivity index (χ0v) is 12.2. The van der Waals surface area contributed by atoms with E-state index >= 15 is 0 Å². The molecule has 0 aliphatic carbocycles. The van der Waals surface area contributed by atoms with E-state index in [4.69, 9.17) is 10.5 Å². The molecule has 1 aromatic rings. The van der Waals surface area contributed by atoms with E-state index in [1.54, 1.807) is 6.07 Å². The summed E-state index contributed by atoms with van der Waals surface area (Å²) in [7, 11) is -1.80. The van der Waals surface area contributed by atoms with Gasteiger partial charge in [0.2, 0.25) is 0 Å². The van der Waals surface area contributed by atoms with Crippen molar-refractivity contribution in [3.8, 4) is 5.75 Å². The molecule has 1 unspecified atom stereocenters. The first-order chi connectivity index (χ1) is 9.23. The van der Waals surface area contributed by atoms with Crippen molar-refractivity contribution >= 4 is 15.6 Å². The molecule has 0 saturated carbocycles. The Labute approximate surface area is 117 Å². The van der Waals surface area contributed by atoms with Gasteiger partial charge in [0.05, 0.1) is 18.9 Å². The van der Waals surface area contributed by atoms with E-state index in [0.29, 0.717) is 5.56 Å². The van der Waals surface area contributed by atoms with E-state index < -0.39 is 21.7 Å². The topological polar surface area (TPSA) is 86.5 Å². The maximum absolute atomic E-state index is 13.5. The Morgan fingerprint density at radius 1 is 1.45 bits per heavy atom. The van der Waals surface area contributed by atoms with Crippen molar-refractivity contribution in [2.45, 2.75) is 18.9 Å². The molecule has 0 amide bonds. The summed E-state index contributed by atoms with van der Waals surface area (Å²) in [5, 5.41) is 0. The second-order valence-corrected chi connectivity index (χ2v) is 6.90. The average Bonchev–Trinajstić information content (AvgIpc) is 2.35. The highest BCUT2D eigenvalue weighted by molar-refractivity contribution is 7.90. The fourth-order valence-corrected chi connectivity index (χ4v) is 2.34. The fraction of sp³-hybridized carbons (Fsp3) is 0.462. The number of rotatable bonds is 7. The summed E-state index contributed by atoms with van der Waals surface area (Å²) in [6, 6.07) is 3.35. The van der Waals surface area contributed by atoms with Gasteiger partial charge in [-0.15, -0.1) is 0 Å². The number of Topliss-reactive ketones (excluding diaryl/α,β-unsaturated/α-hetero) is 1. The van der Waals surface area contributed by atoms with Gasteiger partial charge in [-0.3, -0.25) is 4.79 Å². The first kappa shape index (κ1) is 16.6. The van der Waals surface area contributed by atoms with Crippen LogP contribution < -0.4 is 10.5 Å². The van der Waals surface area contributed by atoms with Gasteiger partial charge in [0, 0.05) is 12.7 Å². The van der Waals surface area contributed by atoms with Gasteiger partial charge in [-0.05, 0) is 24.1 Å². The van der Waals surface area contributed by atoms with E-state index in [-0.39, 0.29) is 30.1 Å². The molecule has 0 bridgehead atoms. The SMILES string of the molecule is COc1ccc(CC(=O)C(N)CCS(C)(=O)=O)cc1F. The first-order valence-corrected chi connectivity index (χ1v) is 8.07. The summed E-state index contributed by atoms with van der Waals surface area (Å²) in [5.41, 5.74) is 6.11. The van der Waals surface area contributed by atoms with Gasteiger partial charge in [0.1, 0.15) is 9.84 Å². The molecular formula is C13H18FNO4S. The largest absolute Gasteiger partial charge is 0.494 e. The van der Waals surface area contributed by atoms with Crippen LogP contribution in [0, 0.1) is 5.82 Å². The van der Waals surface area contributed by atoms with Crippen LogP contribution in [0.5, 0.6) is 5.75 Å². The molecule has 2 N–H and O–H groups in total. The minimum atomic E-state index is -3.15. The molecule has 0 spiro atoms. The van der Waals surface area contributed by atoms with Gasteiger partial charge in [0.15, 0.2) is 17.3 Å². The fourth-order valence-electron chi connectivity index (χ4n) is 1.65. The van der Waals surface area contributed by atoms with Crippen LogP contribution in [0.2, 0.25) is 0 Å². The highest BCUT2D eigenvalue weighted by Gasteiger charge is 2.17. The summed E-state index contributed by atoms with van der Waals surface area (Å²) in [4.78, 5) is 11.8. The Bertz CT molecular complexity index is 586. The Morgan fingerprint density at radius 3 is 2.60 bits per heavy atom. The standard InChI is InChI=1S/C13H18FNO4S/c1-19-13-4-3-9(7-10(13)14)8-12(16)11(15)5-6-20(2,17)18/h3-4,7,11H,5-6,8,15H2,1-2H3. The van der Waals surface area contributed by atoms with E-state index in [9.17, 15) is 17.6 Å². The normalized spacial score (nSPS) is 13.0. The van der Waals surface area contributed by atoms with Crippen molar-refractivity contribution in [3.05, 3.63) is 29.6 Å². The smallest absolute Gasteiger partial charge is 0.165 e.